The van der Waals surface area contributed by atoms with Crippen molar-refractivity contribution in [1.82, 2.24) is 0 Å². The molecule has 0 aliphatic heterocycles. The summed E-state index contributed by atoms with van der Waals surface area (Å²) in [6, 6.07) is 5.49. The number of carbonyl (C=O) groups excluding carboxylic acids is 2. The highest BCUT2D eigenvalue weighted by molar-refractivity contribution is 6.25. The van der Waals surface area contributed by atoms with Crippen molar-refractivity contribution in [2.75, 3.05) is 0 Å². The lowest BCUT2D eigenvalue weighted by Crippen LogP contribution is -2.18. The van der Waals surface area contributed by atoms with Gasteiger partial charge < -0.3 is 0 Å². The number of hydrogen-bond donors (Lipinski definition) is 0. The third kappa shape index (κ3) is 1.51. The van der Waals surface area contributed by atoms with Crippen LogP contribution in [0.5, 0.6) is 0 Å². The minimum absolute atomic E-state index is 0.0227. The molecule has 0 atom stereocenters. The molecule has 2 nitrogen and oxygen atoms in total. The van der Waals surface area contributed by atoms with Crippen molar-refractivity contribution < 1.29 is 9.59 Å². The van der Waals surface area contributed by atoms with E-state index < -0.39 is 0 Å². The molecule has 1 aliphatic carbocycles. The minimum Gasteiger partial charge on any atom is -0.289 e. The Hall–Kier alpha value is -1.70. The first-order valence-corrected chi connectivity index (χ1v) is 5.60. The number of ketones is 2. The highest BCUT2D eigenvalue weighted by Crippen LogP contribution is 2.26. The number of fused-ring (bicyclic) bond motifs is 1. The van der Waals surface area contributed by atoms with Gasteiger partial charge in [0.25, 0.3) is 0 Å². The Morgan fingerprint density at radius 1 is 1.06 bits per heavy atom. The molecule has 2 rings (SSSR count). The monoisotopic (exact) mass is 214 g/mol. The normalized spacial score (nSPS) is 14.8. The van der Waals surface area contributed by atoms with E-state index in [9.17, 15) is 9.59 Å². The van der Waals surface area contributed by atoms with Crippen molar-refractivity contribution in [1.29, 1.82) is 0 Å². The van der Waals surface area contributed by atoms with Gasteiger partial charge in [-0.25, -0.2) is 0 Å². The molecular weight excluding hydrogens is 200 g/mol. The van der Waals surface area contributed by atoms with Crippen LogP contribution in [-0.2, 0) is 6.42 Å². The van der Waals surface area contributed by atoms with Crippen LogP contribution >= 0.6 is 0 Å². The third-order valence-corrected chi connectivity index (χ3v) is 3.00. The highest BCUT2D eigenvalue weighted by atomic mass is 16.1. The van der Waals surface area contributed by atoms with Gasteiger partial charge in [-0.1, -0.05) is 32.0 Å². The molecule has 0 fully saturated rings. The molecule has 0 bridgehead atoms. The number of aryl methyl sites for hydroxylation is 1. The summed E-state index contributed by atoms with van der Waals surface area (Å²) in [4.78, 5) is 24.0. The summed E-state index contributed by atoms with van der Waals surface area (Å²) in [7, 11) is 0. The van der Waals surface area contributed by atoms with E-state index >= 15 is 0 Å². The van der Waals surface area contributed by atoms with E-state index in [0.717, 1.165) is 12.0 Å². The van der Waals surface area contributed by atoms with Gasteiger partial charge in [0.05, 0.1) is 0 Å². The van der Waals surface area contributed by atoms with Gasteiger partial charge in [0.2, 0.25) is 0 Å². The predicted octanol–water partition coefficient (Wildman–Crippen LogP) is 2.96. The number of hydrogen-bond acceptors (Lipinski definition) is 2. The fraction of sp³-hybridized carbons (Fsp3) is 0.286. The third-order valence-electron chi connectivity index (χ3n) is 3.00. The van der Waals surface area contributed by atoms with Crippen LogP contribution in [0.3, 0.4) is 0 Å². The molecule has 0 heterocycles. The first-order valence-electron chi connectivity index (χ1n) is 5.60. The lowest BCUT2D eigenvalue weighted by molar-refractivity contribution is 0.0981. The summed E-state index contributed by atoms with van der Waals surface area (Å²) in [5, 5.41) is 0. The van der Waals surface area contributed by atoms with Crippen LogP contribution in [-0.4, -0.2) is 11.6 Å². The molecule has 0 amide bonds. The number of benzene rings is 1. The first-order chi connectivity index (χ1) is 7.69. The Bertz CT molecular complexity index is 495. The Morgan fingerprint density at radius 3 is 2.44 bits per heavy atom. The van der Waals surface area contributed by atoms with Crippen LogP contribution in [0, 0.1) is 0 Å². The van der Waals surface area contributed by atoms with Crippen molar-refractivity contribution in [2.24, 2.45) is 0 Å². The molecule has 0 aromatic heterocycles. The molecule has 0 spiro atoms. The smallest absolute Gasteiger partial charge is 0.190 e. The minimum atomic E-state index is -0.0400. The van der Waals surface area contributed by atoms with Crippen LogP contribution in [0.25, 0.3) is 0 Å². The van der Waals surface area contributed by atoms with E-state index in [1.54, 1.807) is 6.07 Å². The lowest BCUT2D eigenvalue weighted by atomic mass is 9.85. The standard InChI is InChI=1S/C14H14O2/c1-3-9-6-5-7-11-12(15)8-10(4-2)14(16)13(9)11/h5-8H,3-4H2,1-2H3. The summed E-state index contributed by atoms with van der Waals surface area (Å²) in [5.74, 6) is -0.0173. The summed E-state index contributed by atoms with van der Waals surface area (Å²) in [5.41, 5.74) is 2.77. The Balaban J connectivity index is 2.66. The van der Waals surface area contributed by atoms with Gasteiger partial charge in [0.1, 0.15) is 0 Å². The molecule has 16 heavy (non-hydrogen) atoms. The maximum atomic E-state index is 12.2. The highest BCUT2D eigenvalue weighted by Gasteiger charge is 2.26. The Morgan fingerprint density at radius 2 is 1.81 bits per heavy atom. The lowest BCUT2D eigenvalue weighted by Gasteiger charge is -2.16. The summed E-state index contributed by atoms with van der Waals surface area (Å²) in [6.07, 6.45) is 2.87. The topological polar surface area (TPSA) is 34.1 Å². The average Bonchev–Trinajstić information content (AvgIpc) is 2.32. The number of rotatable bonds is 2. The van der Waals surface area contributed by atoms with Crippen LogP contribution in [0.4, 0.5) is 0 Å². The zero-order chi connectivity index (χ0) is 11.7. The van der Waals surface area contributed by atoms with Gasteiger partial charge in [0.15, 0.2) is 11.6 Å². The summed E-state index contributed by atoms with van der Waals surface area (Å²) in [6.45, 7) is 3.90. The summed E-state index contributed by atoms with van der Waals surface area (Å²) < 4.78 is 0. The van der Waals surface area contributed by atoms with Crippen molar-refractivity contribution in [2.45, 2.75) is 26.7 Å². The second kappa shape index (κ2) is 4.05. The van der Waals surface area contributed by atoms with Gasteiger partial charge in [-0.15, -0.1) is 0 Å². The molecule has 0 saturated carbocycles. The van der Waals surface area contributed by atoms with Crippen molar-refractivity contribution in [3.63, 3.8) is 0 Å². The van der Waals surface area contributed by atoms with Crippen molar-refractivity contribution in [3.8, 4) is 0 Å². The first kappa shape index (κ1) is 10.8. The molecular formula is C14H14O2. The van der Waals surface area contributed by atoms with Crippen LogP contribution in [0.1, 0.15) is 46.5 Å². The van der Waals surface area contributed by atoms with Gasteiger partial charge in [0, 0.05) is 16.7 Å². The molecule has 2 heteroatoms. The molecule has 1 aromatic carbocycles. The fourth-order valence-electron chi connectivity index (χ4n) is 2.09. The number of carbonyl (C=O) groups is 2. The summed E-state index contributed by atoms with van der Waals surface area (Å²) >= 11 is 0. The maximum Gasteiger partial charge on any atom is 0.190 e. The quantitative estimate of drug-likeness (QED) is 0.758. The Kier molecular flexibility index (Phi) is 2.73. The molecule has 82 valence electrons. The van der Waals surface area contributed by atoms with E-state index in [1.165, 1.54) is 6.08 Å². The van der Waals surface area contributed by atoms with Crippen LogP contribution < -0.4 is 0 Å². The molecule has 0 radical (unpaired) electrons. The predicted molar refractivity (Wildman–Crippen MR) is 62.9 cm³/mol. The van der Waals surface area contributed by atoms with E-state index in [2.05, 4.69) is 0 Å². The van der Waals surface area contributed by atoms with Crippen LogP contribution in [0.2, 0.25) is 0 Å². The van der Waals surface area contributed by atoms with Gasteiger partial charge in [-0.2, -0.15) is 0 Å². The largest absolute Gasteiger partial charge is 0.289 e. The average molecular weight is 214 g/mol. The number of allylic oxidation sites excluding steroid dienone is 2. The molecule has 0 unspecified atom stereocenters. The maximum absolute atomic E-state index is 12.2. The van der Waals surface area contributed by atoms with Crippen molar-refractivity contribution in [3.05, 3.63) is 46.5 Å². The Labute approximate surface area is 95.0 Å². The fourth-order valence-corrected chi connectivity index (χ4v) is 2.09. The zero-order valence-corrected chi connectivity index (χ0v) is 9.54. The van der Waals surface area contributed by atoms with Gasteiger partial charge in [-0.3, -0.25) is 9.59 Å². The second-order valence-corrected chi connectivity index (χ2v) is 3.91. The molecule has 1 aromatic rings. The SMILES string of the molecule is CCC1=CC(=O)c2cccc(CC)c2C1=O. The second-order valence-electron chi connectivity index (χ2n) is 3.91. The van der Waals surface area contributed by atoms with Gasteiger partial charge >= 0.3 is 0 Å². The van der Waals surface area contributed by atoms with E-state index in [0.29, 0.717) is 23.1 Å². The van der Waals surface area contributed by atoms with Crippen molar-refractivity contribution >= 4 is 11.6 Å². The van der Waals surface area contributed by atoms with E-state index in [-0.39, 0.29) is 11.6 Å². The molecule has 0 N–H and O–H groups in total. The van der Waals surface area contributed by atoms with E-state index in [1.807, 2.05) is 26.0 Å². The van der Waals surface area contributed by atoms with Gasteiger partial charge in [-0.05, 0) is 24.5 Å². The number of Topliss-reactive ketones (excluding diaryl/α,β-unsaturated/α-hetero) is 1. The van der Waals surface area contributed by atoms with Crippen LogP contribution in [0.15, 0.2) is 29.8 Å². The van der Waals surface area contributed by atoms with E-state index in [4.69, 9.17) is 0 Å². The molecule has 1 aliphatic rings. The zero-order valence-electron chi connectivity index (χ0n) is 9.54. The molecule has 0 saturated heterocycles.